The fourth-order valence-corrected chi connectivity index (χ4v) is 1.83. The Balaban J connectivity index is 2.05. The molecule has 1 aromatic carbocycles. The second-order valence-corrected chi connectivity index (χ2v) is 4.50. The van der Waals surface area contributed by atoms with Crippen molar-refractivity contribution >= 4 is 11.6 Å². The molecule has 1 aromatic rings. The van der Waals surface area contributed by atoms with E-state index in [1.807, 2.05) is 25.1 Å². The van der Waals surface area contributed by atoms with E-state index in [-0.39, 0.29) is 12.1 Å². The molecule has 2 atom stereocenters. The molecule has 16 heavy (non-hydrogen) atoms. The topological polar surface area (TPSA) is 44.5 Å². The van der Waals surface area contributed by atoms with Crippen LogP contribution in [0.25, 0.3) is 0 Å². The predicted octanol–water partition coefficient (Wildman–Crippen LogP) is 2.14. The van der Waals surface area contributed by atoms with E-state index in [0.717, 1.165) is 29.4 Å². The first-order chi connectivity index (χ1) is 7.66. The Morgan fingerprint density at radius 2 is 2.31 bits per heavy atom. The molecule has 88 valence electrons. The largest absolute Gasteiger partial charge is 0.486 e. The molecule has 0 bridgehead atoms. The summed E-state index contributed by atoms with van der Waals surface area (Å²) in [6.07, 6.45) is 0.784. The zero-order valence-electron chi connectivity index (χ0n) is 9.28. The van der Waals surface area contributed by atoms with Crippen LogP contribution in [0.5, 0.6) is 5.75 Å². The van der Waals surface area contributed by atoms with Gasteiger partial charge in [-0.25, -0.2) is 0 Å². The second kappa shape index (κ2) is 5.04. The first kappa shape index (κ1) is 11.7. The van der Waals surface area contributed by atoms with Crippen LogP contribution in [0, 0.1) is 6.92 Å². The molecule has 4 heteroatoms. The minimum atomic E-state index is -0.0608. The van der Waals surface area contributed by atoms with Gasteiger partial charge in [-0.2, -0.15) is 0 Å². The quantitative estimate of drug-likeness (QED) is 0.863. The summed E-state index contributed by atoms with van der Waals surface area (Å²) in [7, 11) is 0. The molecule has 0 amide bonds. The molecule has 3 nitrogen and oxygen atoms in total. The minimum Gasteiger partial charge on any atom is -0.486 e. The van der Waals surface area contributed by atoms with E-state index in [2.05, 4.69) is 0 Å². The summed E-state index contributed by atoms with van der Waals surface area (Å²) >= 11 is 5.95. The zero-order chi connectivity index (χ0) is 11.5. The van der Waals surface area contributed by atoms with E-state index >= 15 is 0 Å². The van der Waals surface area contributed by atoms with Crippen LogP contribution in [0.2, 0.25) is 5.02 Å². The molecule has 2 N–H and O–H groups in total. The normalized spacial score (nSPS) is 25.4. The van der Waals surface area contributed by atoms with Crippen molar-refractivity contribution in [1.82, 2.24) is 0 Å². The number of hydrogen-bond donors (Lipinski definition) is 1. The second-order valence-electron chi connectivity index (χ2n) is 4.09. The molecule has 1 heterocycles. The summed E-state index contributed by atoms with van der Waals surface area (Å²) in [6, 6.07) is 5.66. The number of ether oxygens (including phenoxy) is 2. The van der Waals surface area contributed by atoms with Gasteiger partial charge in [-0.15, -0.1) is 0 Å². The zero-order valence-corrected chi connectivity index (χ0v) is 10.0. The Kier molecular flexibility index (Phi) is 3.69. The molecular weight excluding hydrogens is 226 g/mol. The van der Waals surface area contributed by atoms with Gasteiger partial charge < -0.3 is 15.2 Å². The standard InChI is InChI=1S/C12H16ClNO2/c1-8-6-9(2-3-10(8)13)16-12-7-15-5-4-11(12)14/h2-3,6,11-12H,4-5,7,14H2,1H3. The highest BCUT2D eigenvalue weighted by Gasteiger charge is 2.24. The summed E-state index contributed by atoms with van der Waals surface area (Å²) in [5, 5.41) is 0.747. The number of hydrogen-bond acceptors (Lipinski definition) is 3. The van der Waals surface area contributed by atoms with Gasteiger partial charge >= 0.3 is 0 Å². The number of halogens is 1. The van der Waals surface area contributed by atoms with E-state index in [0.29, 0.717) is 6.61 Å². The van der Waals surface area contributed by atoms with Gasteiger partial charge in [-0.3, -0.25) is 0 Å². The van der Waals surface area contributed by atoms with Crippen molar-refractivity contribution in [3.8, 4) is 5.75 Å². The summed E-state index contributed by atoms with van der Waals surface area (Å²) in [5.41, 5.74) is 6.97. The molecule has 0 saturated carbocycles. The maximum absolute atomic E-state index is 5.96. The van der Waals surface area contributed by atoms with Gasteiger partial charge in [-0.05, 0) is 37.1 Å². The first-order valence-corrected chi connectivity index (χ1v) is 5.81. The summed E-state index contributed by atoms with van der Waals surface area (Å²) in [6.45, 7) is 3.23. The molecule has 1 aliphatic rings. The third kappa shape index (κ3) is 2.67. The Bertz CT molecular complexity index is 370. The van der Waals surface area contributed by atoms with Crippen molar-refractivity contribution in [2.45, 2.75) is 25.5 Å². The van der Waals surface area contributed by atoms with Gasteiger partial charge in [0.2, 0.25) is 0 Å². The number of benzene rings is 1. The highest BCUT2D eigenvalue weighted by molar-refractivity contribution is 6.31. The first-order valence-electron chi connectivity index (χ1n) is 5.43. The van der Waals surface area contributed by atoms with Crippen LogP contribution in [-0.2, 0) is 4.74 Å². The summed E-state index contributed by atoms with van der Waals surface area (Å²) in [4.78, 5) is 0. The van der Waals surface area contributed by atoms with Crippen molar-refractivity contribution in [2.24, 2.45) is 5.73 Å². The molecule has 2 rings (SSSR count). The molecule has 0 aromatic heterocycles. The van der Waals surface area contributed by atoms with Crippen LogP contribution < -0.4 is 10.5 Å². The smallest absolute Gasteiger partial charge is 0.137 e. The fourth-order valence-electron chi connectivity index (χ4n) is 1.72. The Morgan fingerprint density at radius 1 is 1.50 bits per heavy atom. The lowest BCUT2D eigenvalue weighted by Gasteiger charge is -2.29. The van der Waals surface area contributed by atoms with Gasteiger partial charge in [-0.1, -0.05) is 11.6 Å². The van der Waals surface area contributed by atoms with E-state index < -0.39 is 0 Å². The number of aryl methyl sites for hydroxylation is 1. The number of rotatable bonds is 2. The minimum absolute atomic E-state index is 0.0461. The van der Waals surface area contributed by atoms with Crippen LogP contribution in [0.3, 0.4) is 0 Å². The van der Waals surface area contributed by atoms with Crippen molar-refractivity contribution in [1.29, 1.82) is 0 Å². The predicted molar refractivity (Wildman–Crippen MR) is 64.0 cm³/mol. The molecule has 0 radical (unpaired) electrons. The summed E-state index contributed by atoms with van der Waals surface area (Å²) < 4.78 is 11.1. The van der Waals surface area contributed by atoms with Gasteiger partial charge in [0.25, 0.3) is 0 Å². The van der Waals surface area contributed by atoms with Gasteiger partial charge in [0, 0.05) is 17.7 Å². The van der Waals surface area contributed by atoms with Gasteiger partial charge in [0.1, 0.15) is 11.9 Å². The van der Waals surface area contributed by atoms with Crippen molar-refractivity contribution in [3.05, 3.63) is 28.8 Å². The fraction of sp³-hybridized carbons (Fsp3) is 0.500. The van der Waals surface area contributed by atoms with E-state index in [1.165, 1.54) is 0 Å². The highest BCUT2D eigenvalue weighted by atomic mass is 35.5. The van der Waals surface area contributed by atoms with Crippen LogP contribution >= 0.6 is 11.6 Å². The lowest BCUT2D eigenvalue weighted by molar-refractivity contribution is -0.00533. The van der Waals surface area contributed by atoms with E-state index in [4.69, 9.17) is 26.8 Å². The maximum Gasteiger partial charge on any atom is 0.137 e. The Labute approximate surface area is 100 Å². The molecule has 1 saturated heterocycles. The molecule has 0 aliphatic carbocycles. The lowest BCUT2D eigenvalue weighted by atomic mass is 10.1. The van der Waals surface area contributed by atoms with Crippen molar-refractivity contribution < 1.29 is 9.47 Å². The third-order valence-electron chi connectivity index (χ3n) is 2.77. The van der Waals surface area contributed by atoms with E-state index in [1.54, 1.807) is 0 Å². The van der Waals surface area contributed by atoms with Crippen molar-refractivity contribution in [3.63, 3.8) is 0 Å². The van der Waals surface area contributed by atoms with Crippen LogP contribution in [-0.4, -0.2) is 25.4 Å². The maximum atomic E-state index is 5.96. The van der Waals surface area contributed by atoms with Crippen LogP contribution in [0.1, 0.15) is 12.0 Å². The molecule has 2 unspecified atom stereocenters. The number of nitrogens with two attached hydrogens (primary N) is 1. The Hall–Kier alpha value is -0.770. The molecule has 1 aliphatic heterocycles. The monoisotopic (exact) mass is 241 g/mol. The average Bonchev–Trinajstić information content (AvgIpc) is 2.27. The Morgan fingerprint density at radius 3 is 3.00 bits per heavy atom. The van der Waals surface area contributed by atoms with Gasteiger partial charge in [0.15, 0.2) is 0 Å². The lowest BCUT2D eigenvalue weighted by Crippen LogP contribution is -2.46. The van der Waals surface area contributed by atoms with Crippen LogP contribution in [0.15, 0.2) is 18.2 Å². The van der Waals surface area contributed by atoms with E-state index in [9.17, 15) is 0 Å². The molecule has 0 spiro atoms. The van der Waals surface area contributed by atoms with Crippen LogP contribution in [0.4, 0.5) is 0 Å². The van der Waals surface area contributed by atoms with Crippen molar-refractivity contribution in [2.75, 3.05) is 13.2 Å². The average molecular weight is 242 g/mol. The van der Waals surface area contributed by atoms with Gasteiger partial charge in [0.05, 0.1) is 6.61 Å². The SMILES string of the molecule is Cc1cc(OC2COCCC2N)ccc1Cl. The highest BCUT2D eigenvalue weighted by Crippen LogP contribution is 2.23. The third-order valence-corrected chi connectivity index (χ3v) is 3.20. The molecular formula is C12H16ClNO2. The molecule has 1 fully saturated rings. The summed E-state index contributed by atoms with van der Waals surface area (Å²) in [5.74, 6) is 0.799.